The van der Waals surface area contributed by atoms with Crippen LogP contribution >= 0.6 is 0 Å². The van der Waals surface area contributed by atoms with Crippen molar-refractivity contribution in [2.24, 2.45) is 0 Å². The number of hydrogen-bond donors (Lipinski definition) is 0. The summed E-state index contributed by atoms with van der Waals surface area (Å²) in [5.41, 5.74) is 0. The summed E-state index contributed by atoms with van der Waals surface area (Å²) in [6.45, 7) is 2.54. The van der Waals surface area contributed by atoms with Crippen LogP contribution in [0.3, 0.4) is 0 Å². The molecule has 0 radical (unpaired) electrons. The first-order valence-corrected chi connectivity index (χ1v) is 4.46. The SMILES string of the molecule is CCCCCC1CC(=O)CO1. The van der Waals surface area contributed by atoms with Gasteiger partial charge in [-0.25, -0.2) is 0 Å². The van der Waals surface area contributed by atoms with Gasteiger partial charge in [-0.05, 0) is 6.42 Å². The van der Waals surface area contributed by atoms with Gasteiger partial charge in [0.2, 0.25) is 0 Å². The maximum atomic E-state index is 10.8. The van der Waals surface area contributed by atoms with Crippen LogP contribution in [0.1, 0.15) is 39.0 Å². The van der Waals surface area contributed by atoms with Gasteiger partial charge in [-0.1, -0.05) is 26.2 Å². The van der Waals surface area contributed by atoms with Crippen molar-refractivity contribution < 1.29 is 9.53 Å². The van der Waals surface area contributed by atoms with E-state index in [0.717, 1.165) is 6.42 Å². The summed E-state index contributed by atoms with van der Waals surface area (Å²) < 4.78 is 5.26. The average molecular weight is 156 g/mol. The molecule has 11 heavy (non-hydrogen) atoms. The van der Waals surface area contributed by atoms with Crippen LogP contribution in [-0.4, -0.2) is 18.5 Å². The van der Waals surface area contributed by atoms with Gasteiger partial charge in [-0.3, -0.25) is 4.79 Å². The second kappa shape index (κ2) is 4.50. The molecule has 1 heterocycles. The molecule has 0 aromatic carbocycles. The summed E-state index contributed by atoms with van der Waals surface area (Å²) in [5.74, 6) is 0.270. The molecular formula is C9H16O2. The Balaban J connectivity index is 2.04. The first-order valence-electron chi connectivity index (χ1n) is 4.46. The van der Waals surface area contributed by atoms with Gasteiger partial charge >= 0.3 is 0 Å². The molecule has 0 aliphatic carbocycles. The summed E-state index contributed by atoms with van der Waals surface area (Å²) in [5, 5.41) is 0. The van der Waals surface area contributed by atoms with Crippen molar-refractivity contribution in [1.82, 2.24) is 0 Å². The molecule has 1 rings (SSSR count). The molecule has 1 saturated heterocycles. The molecule has 0 N–H and O–H groups in total. The molecule has 0 amide bonds. The fourth-order valence-electron chi connectivity index (χ4n) is 1.39. The van der Waals surface area contributed by atoms with E-state index in [0.29, 0.717) is 13.0 Å². The quantitative estimate of drug-likeness (QED) is 0.581. The van der Waals surface area contributed by atoms with Crippen molar-refractivity contribution in [3.63, 3.8) is 0 Å². The van der Waals surface area contributed by atoms with E-state index in [9.17, 15) is 4.79 Å². The van der Waals surface area contributed by atoms with E-state index < -0.39 is 0 Å². The number of unbranched alkanes of at least 4 members (excludes halogenated alkanes) is 2. The Hall–Kier alpha value is -0.370. The number of ketones is 1. The zero-order valence-electron chi connectivity index (χ0n) is 7.14. The van der Waals surface area contributed by atoms with Crippen molar-refractivity contribution in [3.05, 3.63) is 0 Å². The van der Waals surface area contributed by atoms with Crippen LogP contribution in [0, 0.1) is 0 Å². The van der Waals surface area contributed by atoms with Crippen LogP contribution in [0.5, 0.6) is 0 Å². The van der Waals surface area contributed by atoms with E-state index in [1.807, 2.05) is 0 Å². The normalized spacial score (nSPS) is 24.5. The summed E-state index contributed by atoms with van der Waals surface area (Å²) >= 11 is 0. The Morgan fingerprint density at radius 1 is 1.55 bits per heavy atom. The third kappa shape index (κ3) is 3.02. The van der Waals surface area contributed by atoms with Crippen molar-refractivity contribution in [2.45, 2.75) is 45.1 Å². The van der Waals surface area contributed by atoms with Crippen LogP contribution in [0.25, 0.3) is 0 Å². The minimum Gasteiger partial charge on any atom is -0.370 e. The molecule has 0 aromatic heterocycles. The molecular weight excluding hydrogens is 140 g/mol. The van der Waals surface area contributed by atoms with Crippen LogP contribution in [0.2, 0.25) is 0 Å². The van der Waals surface area contributed by atoms with Gasteiger partial charge in [0.15, 0.2) is 5.78 Å². The lowest BCUT2D eigenvalue weighted by atomic mass is 10.1. The molecule has 1 fully saturated rings. The van der Waals surface area contributed by atoms with E-state index in [1.54, 1.807) is 0 Å². The Kier molecular flexibility index (Phi) is 3.57. The lowest BCUT2D eigenvalue weighted by Gasteiger charge is -2.05. The number of ether oxygens (including phenoxy) is 1. The molecule has 1 aliphatic heterocycles. The molecule has 2 heteroatoms. The Morgan fingerprint density at radius 2 is 2.36 bits per heavy atom. The molecule has 2 nitrogen and oxygen atoms in total. The molecule has 1 aliphatic rings. The second-order valence-corrected chi connectivity index (χ2v) is 3.17. The first-order chi connectivity index (χ1) is 5.33. The highest BCUT2D eigenvalue weighted by molar-refractivity contribution is 5.81. The van der Waals surface area contributed by atoms with Gasteiger partial charge in [-0.2, -0.15) is 0 Å². The molecule has 64 valence electrons. The predicted molar refractivity (Wildman–Crippen MR) is 43.5 cm³/mol. The number of hydrogen-bond acceptors (Lipinski definition) is 2. The third-order valence-corrected chi connectivity index (χ3v) is 2.07. The van der Waals surface area contributed by atoms with E-state index >= 15 is 0 Å². The maximum absolute atomic E-state index is 10.8. The van der Waals surface area contributed by atoms with Gasteiger partial charge in [0.25, 0.3) is 0 Å². The standard InChI is InChI=1S/C9H16O2/c1-2-3-4-5-9-6-8(10)7-11-9/h9H,2-7H2,1H3. The predicted octanol–water partition coefficient (Wildman–Crippen LogP) is 1.92. The van der Waals surface area contributed by atoms with Gasteiger partial charge in [0.05, 0.1) is 6.10 Å². The van der Waals surface area contributed by atoms with Crippen LogP contribution in [0.15, 0.2) is 0 Å². The number of rotatable bonds is 4. The van der Waals surface area contributed by atoms with E-state index in [-0.39, 0.29) is 11.9 Å². The van der Waals surface area contributed by atoms with E-state index in [1.165, 1.54) is 19.3 Å². The van der Waals surface area contributed by atoms with Gasteiger partial charge < -0.3 is 4.74 Å². The largest absolute Gasteiger partial charge is 0.370 e. The molecule has 0 saturated carbocycles. The topological polar surface area (TPSA) is 26.3 Å². The van der Waals surface area contributed by atoms with E-state index in [2.05, 4.69) is 6.92 Å². The molecule has 1 atom stereocenters. The third-order valence-electron chi connectivity index (χ3n) is 2.07. The number of carbonyl (C=O) groups excluding carboxylic acids is 1. The van der Waals surface area contributed by atoms with Gasteiger partial charge in [0.1, 0.15) is 6.61 Å². The number of carbonyl (C=O) groups is 1. The van der Waals surface area contributed by atoms with Gasteiger partial charge in [-0.15, -0.1) is 0 Å². The minimum atomic E-state index is 0.244. The smallest absolute Gasteiger partial charge is 0.161 e. The highest BCUT2D eigenvalue weighted by Crippen LogP contribution is 2.15. The summed E-state index contributed by atoms with van der Waals surface area (Å²) in [7, 11) is 0. The summed E-state index contributed by atoms with van der Waals surface area (Å²) in [4.78, 5) is 10.8. The highest BCUT2D eigenvalue weighted by atomic mass is 16.5. The van der Waals surface area contributed by atoms with Crippen LogP contribution < -0.4 is 0 Å². The Morgan fingerprint density at radius 3 is 2.91 bits per heavy atom. The van der Waals surface area contributed by atoms with Crippen molar-refractivity contribution in [2.75, 3.05) is 6.61 Å². The number of Topliss-reactive ketones (excluding diaryl/α,β-unsaturated/α-hetero) is 1. The first kappa shape index (κ1) is 8.72. The fourth-order valence-corrected chi connectivity index (χ4v) is 1.39. The maximum Gasteiger partial charge on any atom is 0.161 e. The van der Waals surface area contributed by atoms with Crippen LogP contribution in [0.4, 0.5) is 0 Å². The zero-order chi connectivity index (χ0) is 8.10. The molecule has 0 spiro atoms. The van der Waals surface area contributed by atoms with Crippen molar-refractivity contribution in [1.29, 1.82) is 0 Å². The average Bonchev–Trinajstić information content (AvgIpc) is 2.37. The van der Waals surface area contributed by atoms with E-state index in [4.69, 9.17) is 4.74 Å². The summed E-state index contributed by atoms with van der Waals surface area (Å²) in [6.07, 6.45) is 5.67. The van der Waals surface area contributed by atoms with Crippen molar-refractivity contribution in [3.8, 4) is 0 Å². The molecule has 0 aromatic rings. The summed E-state index contributed by atoms with van der Waals surface area (Å²) in [6, 6.07) is 0. The lowest BCUT2D eigenvalue weighted by Crippen LogP contribution is -2.04. The molecule has 1 unspecified atom stereocenters. The highest BCUT2D eigenvalue weighted by Gasteiger charge is 2.21. The Labute approximate surface area is 67.9 Å². The minimum absolute atomic E-state index is 0.244. The zero-order valence-corrected chi connectivity index (χ0v) is 7.14. The van der Waals surface area contributed by atoms with Gasteiger partial charge in [0, 0.05) is 6.42 Å². The monoisotopic (exact) mass is 156 g/mol. The molecule has 0 bridgehead atoms. The Bertz CT molecular complexity index is 132. The second-order valence-electron chi connectivity index (χ2n) is 3.17. The lowest BCUT2D eigenvalue weighted by molar-refractivity contribution is -0.117. The van der Waals surface area contributed by atoms with Crippen molar-refractivity contribution >= 4 is 5.78 Å². The van der Waals surface area contributed by atoms with Crippen LogP contribution in [-0.2, 0) is 9.53 Å². The fraction of sp³-hybridized carbons (Fsp3) is 0.889.